The van der Waals surface area contributed by atoms with Crippen molar-refractivity contribution in [3.63, 3.8) is 0 Å². The van der Waals surface area contributed by atoms with Gasteiger partial charge in [0.1, 0.15) is 0 Å². The molecule has 0 aromatic heterocycles. The van der Waals surface area contributed by atoms with Crippen molar-refractivity contribution < 1.29 is 4.74 Å². The summed E-state index contributed by atoms with van der Waals surface area (Å²) in [7, 11) is 0. The van der Waals surface area contributed by atoms with Gasteiger partial charge in [-0.25, -0.2) is 0 Å². The molecule has 0 amide bonds. The summed E-state index contributed by atoms with van der Waals surface area (Å²) in [5.41, 5.74) is 6.25. The Hall–Kier alpha value is -0.0800. The number of hydrogen-bond acceptors (Lipinski definition) is 2. The van der Waals surface area contributed by atoms with E-state index in [4.69, 9.17) is 10.5 Å². The highest BCUT2D eigenvalue weighted by atomic mass is 16.5. The Bertz CT molecular complexity index is 189. The molecular formula is C13H25NO. The fourth-order valence-corrected chi connectivity index (χ4v) is 3.11. The zero-order valence-corrected chi connectivity index (χ0v) is 9.95. The molecule has 0 radical (unpaired) electrons. The number of nitrogens with two attached hydrogens (primary N) is 1. The van der Waals surface area contributed by atoms with Gasteiger partial charge in [0.25, 0.3) is 0 Å². The first-order valence-corrected chi connectivity index (χ1v) is 6.66. The molecule has 2 rings (SSSR count). The molecule has 0 bridgehead atoms. The van der Waals surface area contributed by atoms with Crippen LogP contribution in [0.5, 0.6) is 0 Å². The molecule has 0 aromatic carbocycles. The standard InChI is InChI=1S/C13H25NO/c1-10-7-8-13(15-10)12(14)9-11-5-3-2-4-6-11/h10-13H,2-9,14H2,1H3. The molecule has 1 saturated heterocycles. The van der Waals surface area contributed by atoms with Crippen molar-refractivity contribution in [2.45, 2.75) is 76.5 Å². The second-order valence-electron chi connectivity index (χ2n) is 5.47. The van der Waals surface area contributed by atoms with Crippen LogP contribution in [-0.2, 0) is 4.74 Å². The Morgan fingerprint density at radius 2 is 1.87 bits per heavy atom. The van der Waals surface area contributed by atoms with Gasteiger partial charge in [-0.3, -0.25) is 0 Å². The average Bonchev–Trinajstić information content (AvgIpc) is 2.66. The van der Waals surface area contributed by atoms with Crippen molar-refractivity contribution >= 4 is 0 Å². The van der Waals surface area contributed by atoms with Crippen molar-refractivity contribution in [2.75, 3.05) is 0 Å². The van der Waals surface area contributed by atoms with Crippen LogP contribution in [0, 0.1) is 5.92 Å². The van der Waals surface area contributed by atoms with Gasteiger partial charge in [0.05, 0.1) is 12.2 Å². The van der Waals surface area contributed by atoms with E-state index in [0.717, 1.165) is 5.92 Å². The smallest absolute Gasteiger partial charge is 0.0730 e. The predicted octanol–water partition coefficient (Wildman–Crippen LogP) is 2.85. The summed E-state index contributed by atoms with van der Waals surface area (Å²) < 4.78 is 5.84. The van der Waals surface area contributed by atoms with Gasteiger partial charge < -0.3 is 10.5 Å². The maximum atomic E-state index is 6.25. The van der Waals surface area contributed by atoms with Gasteiger partial charge in [0.2, 0.25) is 0 Å². The summed E-state index contributed by atoms with van der Waals surface area (Å²) in [6, 6.07) is 0.290. The van der Waals surface area contributed by atoms with E-state index in [2.05, 4.69) is 6.92 Å². The Morgan fingerprint density at radius 1 is 1.13 bits per heavy atom. The van der Waals surface area contributed by atoms with Gasteiger partial charge in [0, 0.05) is 6.04 Å². The molecule has 15 heavy (non-hydrogen) atoms. The molecule has 1 saturated carbocycles. The highest BCUT2D eigenvalue weighted by Crippen LogP contribution is 2.30. The normalized spacial score (nSPS) is 35.6. The molecule has 2 heteroatoms. The average molecular weight is 211 g/mol. The van der Waals surface area contributed by atoms with E-state index in [-0.39, 0.29) is 6.04 Å². The number of rotatable bonds is 3. The first-order chi connectivity index (χ1) is 7.25. The lowest BCUT2D eigenvalue weighted by Crippen LogP contribution is -2.36. The lowest BCUT2D eigenvalue weighted by Gasteiger charge is -2.27. The van der Waals surface area contributed by atoms with Crippen LogP contribution in [0.25, 0.3) is 0 Å². The van der Waals surface area contributed by atoms with Crippen molar-refractivity contribution in [3.05, 3.63) is 0 Å². The minimum Gasteiger partial charge on any atom is -0.374 e. The molecule has 2 N–H and O–H groups in total. The Balaban J connectivity index is 1.73. The largest absolute Gasteiger partial charge is 0.374 e. The van der Waals surface area contributed by atoms with Crippen LogP contribution < -0.4 is 5.73 Å². The Labute approximate surface area is 93.6 Å². The zero-order chi connectivity index (χ0) is 10.7. The second kappa shape index (κ2) is 5.31. The van der Waals surface area contributed by atoms with Gasteiger partial charge >= 0.3 is 0 Å². The lowest BCUT2D eigenvalue weighted by atomic mass is 9.83. The molecule has 3 atom stereocenters. The summed E-state index contributed by atoms with van der Waals surface area (Å²) in [5, 5.41) is 0. The second-order valence-corrected chi connectivity index (χ2v) is 5.47. The monoisotopic (exact) mass is 211 g/mol. The third kappa shape index (κ3) is 3.18. The minimum absolute atomic E-state index is 0.290. The summed E-state index contributed by atoms with van der Waals surface area (Å²) in [6.45, 7) is 2.16. The van der Waals surface area contributed by atoms with Crippen LogP contribution >= 0.6 is 0 Å². The topological polar surface area (TPSA) is 35.2 Å². The summed E-state index contributed by atoms with van der Waals surface area (Å²) >= 11 is 0. The van der Waals surface area contributed by atoms with E-state index >= 15 is 0 Å². The van der Waals surface area contributed by atoms with E-state index < -0.39 is 0 Å². The molecule has 88 valence electrons. The molecule has 0 spiro atoms. The molecule has 2 nitrogen and oxygen atoms in total. The Morgan fingerprint density at radius 3 is 2.47 bits per heavy atom. The summed E-state index contributed by atoms with van der Waals surface area (Å²) in [6.07, 6.45) is 11.4. The van der Waals surface area contributed by atoms with Crippen molar-refractivity contribution in [3.8, 4) is 0 Å². The fourth-order valence-electron chi connectivity index (χ4n) is 3.11. The SMILES string of the molecule is CC1CCC(C(N)CC2CCCCC2)O1. The Kier molecular flexibility index (Phi) is 4.04. The van der Waals surface area contributed by atoms with Crippen LogP contribution in [0.3, 0.4) is 0 Å². The highest BCUT2D eigenvalue weighted by Gasteiger charge is 2.29. The molecule has 2 fully saturated rings. The highest BCUT2D eigenvalue weighted by molar-refractivity contribution is 4.83. The molecular weight excluding hydrogens is 186 g/mol. The van der Waals surface area contributed by atoms with Gasteiger partial charge in [0.15, 0.2) is 0 Å². The molecule has 1 aliphatic carbocycles. The third-order valence-corrected chi connectivity index (χ3v) is 4.07. The first kappa shape index (κ1) is 11.4. The van der Waals surface area contributed by atoms with Gasteiger partial charge in [-0.1, -0.05) is 32.1 Å². The van der Waals surface area contributed by atoms with Crippen LogP contribution in [0.1, 0.15) is 58.3 Å². The predicted molar refractivity (Wildman–Crippen MR) is 62.7 cm³/mol. The zero-order valence-electron chi connectivity index (χ0n) is 9.95. The third-order valence-electron chi connectivity index (χ3n) is 4.07. The van der Waals surface area contributed by atoms with Gasteiger partial charge in [-0.2, -0.15) is 0 Å². The fraction of sp³-hybridized carbons (Fsp3) is 1.00. The molecule has 3 unspecified atom stereocenters. The number of hydrogen-bond donors (Lipinski definition) is 1. The molecule has 0 aromatic rings. The van der Waals surface area contributed by atoms with E-state index in [1.165, 1.54) is 51.4 Å². The minimum atomic E-state index is 0.290. The van der Waals surface area contributed by atoms with Crippen molar-refractivity contribution in [1.82, 2.24) is 0 Å². The maximum absolute atomic E-state index is 6.25. The summed E-state index contributed by atoms with van der Waals surface area (Å²) in [5.74, 6) is 0.883. The molecule has 1 aliphatic heterocycles. The van der Waals surface area contributed by atoms with Gasteiger partial charge in [-0.05, 0) is 32.1 Å². The number of ether oxygens (including phenoxy) is 1. The molecule has 1 heterocycles. The van der Waals surface area contributed by atoms with Crippen LogP contribution in [0.2, 0.25) is 0 Å². The van der Waals surface area contributed by atoms with Gasteiger partial charge in [-0.15, -0.1) is 0 Å². The van der Waals surface area contributed by atoms with Crippen LogP contribution in [0.4, 0.5) is 0 Å². The maximum Gasteiger partial charge on any atom is 0.0730 e. The van der Waals surface area contributed by atoms with E-state index in [0.29, 0.717) is 12.2 Å². The van der Waals surface area contributed by atoms with Crippen LogP contribution in [0.15, 0.2) is 0 Å². The quantitative estimate of drug-likeness (QED) is 0.779. The van der Waals surface area contributed by atoms with E-state index in [1.807, 2.05) is 0 Å². The van der Waals surface area contributed by atoms with Crippen molar-refractivity contribution in [2.24, 2.45) is 11.7 Å². The van der Waals surface area contributed by atoms with Crippen LogP contribution in [-0.4, -0.2) is 18.2 Å². The molecule has 2 aliphatic rings. The lowest BCUT2D eigenvalue weighted by molar-refractivity contribution is 0.0339. The van der Waals surface area contributed by atoms with Crippen molar-refractivity contribution in [1.29, 1.82) is 0 Å². The van der Waals surface area contributed by atoms with E-state index in [9.17, 15) is 0 Å². The van der Waals surface area contributed by atoms with E-state index in [1.54, 1.807) is 0 Å². The first-order valence-electron chi connectivity index (χ1n) is 6.66. The summed E-state index contributed by atoms with van der Waals surface area (Å²) in [4.78, 5) is 0.